The van der Waals surface area contributed by atoms with Crippen molar-refractivity contribution in [2.75, 3.05) is 5.32 Å². The Morgan fingerprint density at radius 1 is 0.944 bits per heavy atom. The summed E-state index contributed by atoms with van der Waals surface area (Å²) in [4.78, 5) is 11.3. The van der Waals surface area contributed by atoms with E-state index < -0.39 is 40.7 Å². The van der Waals surface area contributed by atoms with Crippen molar-refractivity contribution in [3.8, 4) is 0 Å². The number of carbonyl (C=O) groups is 1. The first-order chi connectivity index (χ1) is 8.25. The first-order valence-corrected chi connectivity index (χ1v) is 5.07. The summed E-state index contributed by atoms with van der Waals surface area (Å²) in [7, 11) is 0. The maximum atomic E-state index is 13.2. The predicted molar refractivity (Wildman–Crippen MR) is 54.3 cm³/mol. The molecule has 0 radical (unpaired) electrons. The summed E-state index contributed by atoms with van der Waals surface area (Å²) in [6.07, 6.45) is -0.0977. The third-order valence-electron chi connectivity index (χ3n) is 2.07. The largest absolute Gasteiger partial charge is 0.321 e. The van der Waals surface area contributed by atoms with Crippen LogP contribution in [-0.2, 0) is 4.79 Å². The van der Waals surface area contributed by atoms with Gasteiger partial charge in [0.05, 0.1) is 0 Å². The summed E-state index contributed by atoms with van der Waals surface area (Å²) in [5.41, 5.74) is -1.32. The average Bonchev–Trinajstić information content (AvgIpc) is 2.29. The number of nitrogens with one attached hydrogen (secondary N) is 1. The summed E-state index contributed by atoms with van der Waals surface area (Å²) in [5.74, 6) is -11.5. The molecule has 100 valence electrons. The number of hydrogen-bond donors (Lipinski definition) is 1. The van der Waals surface area contributed by atoms with E-state index in [1.165, 1.54) is 0 Å². The topological polar surface area (TPSA) is 29.1 Å². The van der Waals surface area contributed by atoms with Gasteiger partial charge in [0, 0.05) is 6.42 Å². The Kier molecular flexibility index (Phi) is 4.26. The number of hydrogen-bond acceptors (Lipinski definition) is 1. The van der Waals surface area contributed by atoms with Gasteiger partial charge in [0.25, 0.3) is 0 Å². The summed E-state index contributed by atoms with van der Waals surface area (Å²) in [6, 6.07) is 0. The summed E-state index contributed by atoms with van der Waals surface area (Å²) in [6.45, 7) is 3.33. The molecule has 0 aliphatic heterocycles. The van der Waals surface area contributed by atoms with E-state index in [2.05, 4.69) is 0 Å². The highest BCUT2D eigenvalue weighted by Crippen LogP contribution is 2.27. The fraction of sp³-hybridized carbons (Fsp3) is 0.364. The van der Waals surface area contributed by atoms with Crippen LogP contribution in [0.25, 0.3) is 0 Å². The SMILES string of the molecule is CC(C)CC(=O)Nc1c(F)c(F)c(F)c(F)c1F. The van der Waals surface area contributed by atoms with Crippen LogP contribution in [0, 0.1) is 35.0 Å². The molecule has 0 bridgehead atoms. The average molecular weight is 267 g/mol. The van der Waals surface area contributed by atoms with E-state index in [0.717, 1.165) is 0 Å². The molecule has 0 heterocycles. The van der Waals surface area contributed by atoms with Crippen LogP contribution in [0.3, 0.4) is 0 Å². The number of benzene rings is 1. The molecule has 0 unspecified atom stereocenters. The van der Waals surface area contributed by atoms with E-state index in [-0.39, 0.29) is 12.3 Å². The van der Waals surface area contributed by atoms with Crippen molar-refractivity contribution >= 4 is 11.6 Å². The van der Waals surface area contributed by atoms with Gasteiger partial charge >= 0.3 is 0 Å². The van der Waals surface area contributed by atoms with Crippen LogP contribution in [-0.4, -0.2) is 5.91 Å². The first-order valence-electron chi connectivity index (χ1n) is 5.07. The van der Waals surface area contributed by atoms with E-state index >= 15 is 0 Å². The third kappa shape index (κ3) is 2.77. The molecule has 18 heavy (non-hydrogen) atoms. The van der Waals surface area contributed by atoms with Gasteiger partial charge < -0.3 is 5.32 Å². The van der Waals surface area contributed by atoms with Crippen LogP contribution in [0.1, 0.15) is 20.3 Å². The molecule has 2 nitrogen and oxygen atoms in total. The summed E-state index contributed by atoms with van der Waals surface area (Å²) >= 11 is 0. The smallest absolute Gasteiger partial charge is 0.224 e. The number of halogens is 5. The van der Waals surface area contributed by atoms with Crippen LogP contribution in [0.2, 0.25) is 0 Å². The molecule has 0 aliphatic carbocycles. The molecule has 0 spiro atoms. The third-order valence-corrected chi connectivity index (χ3v) is 2.07. The van der Waals surface area contributed by atoms with Crippen molar-refractivity contribution in [3.63, 3.8) is 0 Å². The zero-order chi connectivity index (χ0) is 14.0. The van der Waals surface area contributed by atoms with Gasteiger partial charge in [0.15, 0.2) is 23.3 Å². The van der Waals surface area contributed by atoms with Gasteiger partial charge in [-0.25, -0.2) is 22.0 Å². The Hall–Kier alpha value is -1.66. The van der Waals surface area contributed by atoms with Gasteiger partial charge in [-0.05, 0) is 5.92 Å². The molecule has 1 aromatic rings. The highest BCUT2D eigenvalue weighted by Gasteiger charge is 2.26. The molecular weight excluding hydrogens is 257 g/mol. The number of anilines is 1. The molecule has 1 rings (SSSR count). The molecule has 0 saturated carbocycles. The van der Waals surface area contributed by atoms with E-state index in [0.29, 0.717) is 0 Å². The van der Waals surface area contributed by atoms with Crippen molar-refractivity contribution in [3.05, 3.63) is 29.1 Å². The van der Waals surface area contributed by atoms with Gasteiger partial charge in [-0.15, -0.1) is 0 Å². The van der Waals surface area contributed by atoms with Crippen LogP contribution >= 0.6 is 0 Å². The van der Waals surface area contributed by atoms with Gasteiger partial charge in [0.2, 0.25) is 11.7 Å². The summed E-state index contributed by atoms with van der Waals surface area (Å²) < 4.78 is 64.6. The van der Waals surface area contributed by atoms with Crippen molar-refractivity contribution < 1.29 is 26.7 Å². The Bertz CT molecular complexity index is 458. The lowest BCUT2D eigenvalue weighted by Crippen LogP contribution is -2.18. The number of carbonyl (C=O) groups excluding carboxylic acids is 1. The van der Waals surface area contributed by atoms with Gasteiger partial charge in [-0.3, -0.25) is 4.79 Å². The van der Waals surface area contributed by atoms with E-state index in [9.17, 15) is 26.7 Å². The molecule has 0 saturated heterocycles. The standard InChI is InChI=1S/C11H10F5NO/c1-4(2)3-5(18)17-11-9(15)7(13)6(12)8(14)10(11)16/h4H,3H2,1-2H3,(H,17,18). The molecule has 0 atom stereocenters. The normalized spacial score (nSPS) is 10.9. The Balaban J connectivity index is 3.14. The van der Waals surface area contributed by atoms with Gasteiger partial charge in [-0.2, -0.15) is 0 Å². The zero-order valence-corrected chi connectivity index (χ0v) is 9.58. The minimum absolute atomic E-state index is 0.0977. The second-order valence-corrected chi connectivity index (χ2v) is 4.09. The zero-order valence-electron chi connectivity index (χ0n) is 9.58. The van der Waals surface area contributed by atoms with Crippen molar-refractivity contribution in [2.45, 2.75) is 20.3 Å². The number of amides is 1. The molecule has 0 aliphatic rings. The van der Waals surface area contributed by atoms with E-state index in [4.69, 9.17) is 0 Å². The number of rotatable bonds is 3. The Morgan fingerprint density at radius 2 is 1.33 bits per heavy atom. The second kappa shape index (κ2) is 5.32. The quantitative estimate of drug-likeness (QED) is 0.508. The highest BCUT2D eigenvalue weighted by atomic mass is 19.2. The lowest BCUT2D eigenvalue weighted by atomic mass is 10.1. The van der Waals surface area contributed by atoms with Gasteiger partial charge in [0.1, 0.15) is 5.69 Å². The molecular formula is C11H10F5NO. The lowest BCUT2D eigenvalue weighted by Gasteiger charge is -2.10. The molecule has 0 aromatic heterocycles. The summed E-state index contributed by atoms with van der Waals surface area (Å²) in [5, 5.41) is 1.68. The lowest BCUT2D eigenvalue weighted by molar-refractivity contribution is -0.116. The molecule has 1 aromatic carbocycles. The molecule has 1 amide bonds. The fourth-order valence-corrected chi connectivity index (χ4v) is 1.28. The fourth-order valence-electron chi connectivity index (χ4n) is 1.28. The second-order valence-electron chi connectivity index (χ2n) is 4.09. The minimum atomic E-state index is -2.26. The molecule has 0 fully saturated rings. The van der Waals surface area contributed by atoms with Crippen molar-refractivity contribution in [2.24, 2.45) is 5.92 Å². The van der Waals surface area contributed by atoms with Crippen molar-refractivity contribution in [1.29, 1.82) is 0 Å². The van der Waals surface area contributed by atoms with Crippen molar-refractivity contribution in [1.82, 2.24) is 0 Å². The predicted octanol–water partition coefficient (Wildman–Crippen LogP) is 3.37. The van der Waals surface area contributed by atoms with Crippen LogP contribution < -0.4 is 5.32 Å². The van der Waals surface area contributed by atoms with Crippen LogP contribution in [0.15, 0.2) is 0 Å². The molecule has 7 heteroatoms. The first kappa shape index (κ1) is 14.4. The highest BCUT2D eigenvalue weighted by molar-refractivity contribution is 5.91. The van der Waals surface area contributed by atoms with Crippen LogP contribution in [0.4, 0.5) is 27.6 Å². The van der Waals surface area contributed by atoms with E-state index in [1.807, 2.05) is 0 Å². The Labute approximate surface area is 99.8 Å². The Morgan fingerprint density at radius 3 is 1.72 bits per heavy atom. The van der Waals surface area contributed by atoms with E-state index in [1.54, 1.807) is 19.2 Å². The monoisotopic (exact) mass is 267 g/mol. The molecule has 1 N–H and O–H groups in total. The maximum absolute atomic E-state index is 13.2. The van der Waals surface area contributed by atoms with Gasteiger partial charge in [-0.1, -0.05) is 13.8 Å². The minimum Gasteiger partial charge on any atom is -0.321 e. The maximum Gasteiger partial charge on any atom is 0.224 e. The van der Waals surface area contributed by atoms with Crippen LogP contribution in [0.5, 0.6) is 0 Å².